The topological polar surface area (TPSA) is 35.9 Å². The minimum Gasteiger partial charge on any atom is -0.510 e. The molecule has 0 unspecified atom stereocenters. The van der Waals surface area contributed by atoms with E-state index >= 15 is 0 Å². The van der Waals surface area contributed by atoms with Gasteiger partial charge in [-0.2, -0.15) is 18.2 Å². The van der Waals surface area contributed by atoms with E-state index in [-0.39, 0.29) is 71.1 Å². The third-order valence-corrected chi connectivity index (χ3v) is 12.2. The molecule has 0 spiro atoms. The molecule has 0 aliphatic heterocycles. The van der Waals surface area contributed by atoms with E-state index in [0.29, 0.717) is 39.4 Å². The molecule has 0 fully saturated rings. The van der Waals surface area contributed by atoms with Gasteiger partial charge >= 0.3 is 0 Å². The van der Waals surface area contributed by atoms with Gasteiger partial charge in [-0.25, -0.2) is 4.98 Å². The number of aryl methyl sites for hydroxylation is 1. The van der Waals surface area contributed by atoms with E-state index in [2.05, 4.69) is 78.2 Å². The number of rotatable bonds is 8. The number of fused-ring (bicyclic) bond motifs is 4. The van der Waals surface area contributed by atoms with Crippen LogP contribution in [0, 0.1) is 25.3 Å². The van der Waals surface area contributed by atoms with Gasteiger partial charge in [-0.3, -0.25) is 4.57 Å². The van der Waals surface area contributed by atoms with Gasteiger partial charge in [-0.05, 0) is 85.4 Å². The van der Waals surface area contributed by atoms with E-state index in [0.717, 1.165) is 33.0 Å². The molecule has 0 aliphatic carbocycles. The molecule has 342 valence electrons. The van der Waals surface area contributed by atoms with Crippen molar-refractivity contribution in [2.45, 2.75) is 59.2 Å². The van der Waals surface area contributed by atoms with Crippen molar-refractivity contribution in [3.63, 3.8) is 0 Å². The van der Waals surface area contributed by atoms with Crippen molar-refractivity contribution in [3.8, 4) is 62.1 Å². The molecule has 0 amide bonds. The summed E-state index contributed by atoms with van der Waals surface area (Å²) in [6, 6.07) is 38.0. The SMILES string of the molecule is [2H]c1c([2H])c([2H])c(-c2cccc(-c3c([2H])c([2H])c([2H])c([2H])c3[2H])c2-[n+]2[c-]n(-c3[c-]c(Oc4[c-]c5c(cc4)c4ccccc4n5-c4cc(C([2H])([2H])[2H])c(-c5cc(C(C)(C)C)cc(C(C)(C)C)c5)cn4)ccc3)c3ccccc32)c([2H])c1[2H].[Pt]. The van der Waals surface area contributed by atoms with Gasteiger partial charge in [0.25, 0.3) is 6.33 Å². The molecule has 11 rings (SSSR count). The number of aromatic nitrogens is 4. The van der Waals surface area contributed by atoms with Crippen LogP contribution in [-0.2, 0) is 31.9 Å². The van der Waals surface area contributed by atoms with E-state index in [9.17, 15) is 0 Å². The van der Waals surface area contributed by atoms with Crippen molar-refractivity contribution in [1.82, 2.24) is 14.1 Å². The summed E-state index contributed by atoms with van der Waals surface area (Å²) in [5.41, 5.74) is 6.10. The van der Waals surface area contributed by atoms with Gasteiger partial charge in [-0.1, -0.05) is 186 Å². The Bertz CT molecular complexity index is 4240. The van der Waals surface area contributed by atoms with E-state index in [4.69, 9.17) is 27.5 Å². The standard InChI is InChI=1S/C63H52N4O.Pt/c1-42-34-60(64-40-55(42)45-35-46(62(2,3)4)37-47(36-45)63(5,6)7)67-56-29-15-14-26-53(56)54-33-32-50(39-59(54)67)68-49-25-18-24-48(38-49)65-41-66(58-31-17-16-30-57(58)65)61-51(43-20-10-8-11-21-43)27-19-28-52(61)44-22-12-9-13-23-44;/h8-37,40H,1-7H3;/q-2;/i1D3,8D,9D,10D,11D,12D,13D,20D,21D,22D,23D;. The third kappa shape index (κ3) is 8.51. The van der Waals surface area contributed by atoms with Gasteiger partial charge in [0.2, 0.25) is 0 Å². The number of hydrogen-bond donors (Lipinski definition) is 0. The van der Waals surface area contributed by atoms with Gasteiger partial charge in [0.05, 0.1) is 30.4 Å². The number of nitrogens with zero attached hydrogens (tertiary/aromatic N) is 4. The predicted octanol–water partition coefficient (Wildman–Crippen LogP) is 15.5. The molecule has 0 radical (unpaired) electrons. The van der Waals surface area contributed by atoms with Crippen molar-refractivity contribution < 1.29 is 48.2 Å². The summed E-state index contributed by atoms with van der Waals surface area (Å²) in [6.07, 6.45) is 5.04. The van der Waals surface area contributed by atoms with Crippen LogP contribution in [-0.4, -0.2) is 14.1 Å². The van der Waals surface area contributed by atoms with Crippen molar-refractivity contribution in [2.75, 3.05) is 0 Å². The quantitative estimate of drug-likeness (QED) is 0.112. The summed E-state index contributed by atoms with van der Waals surface area (Å²) in [5, 5.41) is 1.72. The Kier molecular flexibility index (Phi) is 8.44. The van der Waals surface area contributed by atoms with E-state index < -0.39 is 67.3 Å². The molecule has 0 bridgehead atoms. The minimum atomic E-state index is -2.51. The molecule has 0 aliphatic rings. The molecule has 5 nitrogen and oxygen atoms in total. The van der Waals surface area contributed by atoms with Crippen LogP contribution in [0.4, 0.5) is 0 Å². The zero-order chi connectivity index (χ0) is 57.9. The molecule has 3 aromatic heterocycles. The monoisotopic (exact) mass is 1090 g/mol. The van der Waals surface area contributed by atoms with Gasteiger partial charge < -0.3 is 13.9 Å². The van der Waals surface area contributed by atoms with Crippen LogP contribution in [0.2, 0.25) is 0 Å². The van der Waals surface area contributed by atoms with Gasteiger partial charge in [0.1, 0.15) is 5.82 Å². The van der Waals surface area contributed by atoms with Crippen LogP contribution >= 0.6 is 0 Å². The Morgan fingerprint density at radius 3 is 1.88 bits per heavy atom. The number of ether oxygens (including phenoxy) is 1. The maximum absolute atomic E-state index is 9.04. The van der Waals surface area contributed by atoms with Crippen molar-refractivity contribution in [1.29, 1.82) is 0 Å². The fourth-order valence-corrected chi connectivity index (χ4v) is 8.72. The summed E-state index contributed by atoms with van der Waals surface area (Å²) >= 11 is 0. The van der Waals surface area contributed by atoms with Crippen molar-refractivity contribution in [2.24, 2.45) is 0 Å². The minimum absolute atomic E-state index is 0. The van der Waals surface area contributed by atoms with Gasteiger partial charge in [-0.15, -0.1) is 29.7 Å². The number of benzene rings is 8. The van der Waals surface area contributed by atoms with E-state index in [1.165, 1.54) is 0 Å². The van der Waals surface area contributed by atoms with E-state index in [1.54, 1.807) is 76.0 Å². The molecule has 11 aromatic rings. The number of hydrogen-bond acceptors (Lipinski definition) is 2. The summed E-state index contributed by atoms with van der Waals surface area (Å²) in [4.78, 5) is 5.00. The molecule has 0 saturated carbocycles. The predicted molar refractivity (Wildman–Crippen MR) is 278 cm³/mol. The van der Waals surface area contributed by atoms with Crippen molar-refractivity contribution >= 4 is 32.8 Å². The van der Waals surface area contributed by atoms with Gasteiger partial charge in [0, 0.05) is 54.0 Å². The Hall–Kier alpha value is -7.33. The second kappa shape index (κ2) is 18.0. The molecular weight excluding hydrogens is 1020 g/mol. The first-order valence-electron chi connectivity index (χ1n) is 28.8. The van der Waals surface area contributed by atoms with Crippen LogP contribution in [0.1, 0.15) is 76.1 Å². The smallest absolute Gasteiger partial charge is 0.268 e. The van der Waals surface area contributed by atoms with Crippen LogP contribution in [0.15, 0.2) is 188 Å². The largest absolute Gasteiger partial charge is 0.510 e. The second-order valence-electron chi connectivity index (χ2n) is 18.8. The first-order valence-corrected chi connectivity index (χ1v) is 22.3. The molecule has 6 heteroatoms. The molecule has 0 N–H and O–H groups in total. The summed E-state index contributed by atoms with van der Waals surface area (Å²) in [6.45, 7) is 10.3. The van der Waals surface area contributed by atoms with Crippen molar-refractivity contribution in [3.05, 3.63) is 223 Å². The number of pyridine rings is 1. The average Bonchev–Trinajstić information content (AvgIpc) is 3.87. The Morgan fingerprint density at radius 2 is 1.22 bits per heavy atom. The Morgan fingerprint density at radius 1 is 0.594 bits per heavy atom. The van der Waals surface area contributed by atoms with Gasteiger partial charge in [0.15, 0.2) is 0 Å². The molecule has 69 heavy (non-hydrogen) atoms. The first-order chi connectivity index (χ1) is 38.2. The summed E-state index contributed by atoms with van der Waals surface area (Å²) in [7, 11) is 0. The Labute approximate surface area is 437 Å². The molecule has 3 heterocycles. The molecule has 0 saturated heterocycles. The summed E-state index contributed by atoms with van der Waals surface area (Å²) < 4.78 is 126. The first kappa shape index (κ1) is 32.4. The Balaban J connectivity index is 0.00000753. The molecule has 0 atom stereocenters. The van der Waals surface area contributed by atoms with E-state index in [1.807, 2.05) is 47.0 Å². The average molecular weight is 1090 g/mol. The fourth-order valence-electron chi connectivity index (χ4n) is 8.72. The molecular formula is C63H52N4OPt-2. The maximum atomic E-state index is 9.04. The van der Waals surface area contributed by atoms with Crippen LogP contribution in [0.5, 0.6) is 11.5 Å². The zero-order valence-corrected chi connectivity index (χ0v) is 40.9. The second-order valence-corrected chi connectivity index (χ2v) is 18.8. The molecule has 8 aromatic carbocycles. The maximum Gasteiger partial charge on any atom is 0.268 e. The van der Waals surface area contributed by atoms with Crippen LogP contribution in [0.3, 0.4) is 0 Å². The fraction of sp³-hybridized carbons (Fsp3) is 0.143. The third-order valence-electron chi connectivity index (χ3n) is 12.2. The normalized spacial score (nSPS) is 14.7. The number of para-hydroxylation sites is 4. The van der Waals surface area contributed by atoms with Crippen LogP contribution < -0.4 is 9.30 Å². The number of imidazole rings is 1. The summed E-state index contributed by atoms with van der Waals surface area (Å²) in [5.74, 6) is 0.975. The van der Waals surface area contributed by atoms with Crippen LogP contribution in [0.25, 0.3) is 83.4 Å². The zero-order valence-electron chi connectivity index (χ0n) is 51.6.